The zero-order chi connectivity index (χ0) is 11.0. The Bertz CT molecular complexity index is 236. The van der Waals surface area contributed by atoms with E-state index in [1.807, 2.05) is 13.8 Å². The van der Waals surface area contributed by atoms with Crippen LogP contribution in [-0.4, -0.2) is 33.3 Å². The highest BCUT2D eigenvalue weighted by atomic mass is 32.2. The minimum Gasteiger partial charge on any atom is -0.481 e. The molecule has 0 spiro atoms. The summed E-state index contributed by atoms with van der Waals surface area (Å²) in [5.41, 5.74) is -0.344. The number of hydrogen-bond donors (Lipinski definition) is 1. The van der Waals surface area contributed by atoms with Gasteiger partial charge < -0.3 is 9.84 Å². The fourth-order valence-corrected chi connectivity index (χ4v) is 3.26. The third-order valence-corrected chi connectivity index (χ3v) is 3.95. The number of thioether (sulfide) groups is 1. The van der Waals surface area contributed by atoms with E-state index in [2.05, 4.69) is 13.8 Å². The molecule has 0 aromatic carbocycles. The van der Waals surface area contributed by atoms with Gasteiger partial charge in [0.25, 0.3) is 0 Å². The second-order valence-corrected chi connectivity index (χ2v) is 6.05. The Kier molecular flexibility index (Phi) is 3.17. The topological polar surface area (TPSA) is 46.5 Å². The van der Waals surface area contributed by atoms with Crippen molar-refractivity contribution in [3.8, 4) is 0 Å². The molecule has 3 nitrogen and oxygen atoms in total. The van der Waals surface area contributed by atoms with Crippen LogP contribution in [-0.2, 0) is 9.53 Å². The van der Waals surface area contributed by atoms with Gasteiger partial charge in [0.05, 0.1) is 17.0 Å². The zero-order valence-corrected chi connectivity index (χ0v) is 9.98. The van der Waals surface area contributed by atoms with E-state index in [0.717, 1.165) is 6.42 Å². The van der Waals surface area contributed by atoms with Crippen LogP contribution in [0, 0.1) is 0 Å². The van der Waals surface area contributed by atoms with E-state index < -0.39 is 5.97 Å². The number of carboxylic acid groups (broad SMARTS) is 1. The highest BCUT2D eigenvalue weighted by Gasteiger charge is 2.46. The van der Waals surface area contributed by atoms with Gasteiger partial charge in [-0.15, -0.1) is 11.8 Å². The second-order valence-electron chi connectivity index (χ2n) is 4.86. The van der Waals surface area contributed by atoms with Crippen LogP contribution in [0.1, 0.15) is 34.1 Å². The molecule has 1 rings (SSSR count). The van der Waals surface area contributed by atoms with Gasteiger partial charge in [0.2, 0.25) is 0 Å². The van der Waals surface area contributed by atoms with Crippen LogP contribution in [0.4, 0.5) is 0 Å². The van der Waals surface area contributed by atoms with E-state index >= 15 is 0 Å². The summed E-state index contributed by atoms with van der Waals surface area (Å²) in [6, 6.07) is 0. The molecule has 0 radical (unpaired) electrons. The molecule has 4 heteroatoms. The average Bonchev–Trinajstić information content (AvgIpc) is 2.14. The SMILES string of the molecule is CC1(C)CC(SCC(=O)O)C(C)(C)O1. The van der Waals surface area contributed by atoms with Crippen LogP contribution >= 0.6 is 11.8 Å². The minimum atomic E-state index is -0.754. The first kappa shape index (κ1) is 11.9. The lowest BCUT2D eigenvalue weighted by Gasteiger charge is -2.26. The maximum Gasteiger partial charge on any atom is 0.313 e. The molecule has 1 saturated heterocycles. The highest BCUT2D eigenvalue weighted by Crippen LogP contribution is 2.43. The van der Waals surface area contributed by atoms with E-state index in [-0.39, 0.29) is 22.2 Å². The van der Waals surface area contributed by atoms with Gasteiger partial charge in [0, 0.05) is 5.25 Å². The van der Waals surface area contributed by atoms with E-state index in [1.165, 1.54) is 11.8 Å². The van der Waals surface area contributed by atoms with Gasteiger partial charge in [-0.05, 0) is 34.1 Å². The molecule has 1 heterocycles. The first-order valence-corrected chi connectivity index (χ1v) is 5.81. The molecule has 1 N–H and O–H groups in total. The molecule has 0 amide bonds. The summed E-state index contributed by atoms with van der Waals surface area (Å²) in [5, 5.41) is 8.88. The number of hydrogen-bond acceptors (Lipinski definition) is 3. The Morgan fingerprint density at radius 1 is 1.50 bits per heavy atom. The molecule has 1 aliphatic heterocycles. The van der Waals surface area contributed by atoms with Crippen molar-refractivity contribution in [1.82, 2.24) is 0 Å². The Hall–Kier alpha value is -0.220. The Labute approximate surface area is 89.2 Å². The lowest BCUT2D eigenvalue weighted by Crippen LogP contribution is -2.31. The maximum absolute atomic E-state index is 10.5. The Morgan fingerprint density at radius 3 is 2.43 bits per heavy atom. The first-order valence-electron chi connectivity index (χ1n) is 4.76. The van der Waals surface area contributed by atoms with Crippen molar-refractivity contribution in [2.45, 2.75) is 50.6 Å². The molecule has 1 aliphatic rings. The summed E-state index contributed by atoms with van der Waals surface area (Å²) in [5.74, 6) is -0.594. The summed E-state index contributed by atoms with van der Waals surface area (Å²) < 4.78 is 5.87. The summed E-state index contributed by atoms with van der Waals surface area (Å²) in [6.45, 7) is 8.16. The lowest BCUT2D eigenvalue weighted by atomic mass is 10.0. The molecule has 0 aromatic heterocycles. The average molecular weight is 218 g/mol. The Morgan fingerprint density at radius 2 is 2.07 bits per heavy atom. The van der Waals surface area contributed by atoms with Gasteiger partial charge >= 0.3 is 5.97 Å². The van der Waals surface area contributed by atoms with Gasteiger partial charge in [-0.1, -0.05) is 0 Å². The lowest BCUT2D eigenvalue weighted by molar-refractivity contribution is -0.133. The smallest absolute Gasteiger partial charge is 0.313 e. The van der Waals surface area contributed by atoms with E-state index in [1.54, 1.807) is 0 Å². The molecule has 0 bridgehead atoms. The van der Waals surface area contributed by atoms with Crippen molar-refractivity contribution in [3.05, 3.63) is 0 Å². The van der Waals surface area contributed by atoms with Crippen molar-refractivity contribution in [3.63, 3.8) is 0 Å². The van der Waals surface area contributed by atoms with Crippen molar-refractivity contribution >= 4 is 17.7 Å². The zero-order valence-electron chi connectivity index (χ0n) is 9.16. The minimum absolute atomic E-state index is 0.125. The summed E-state index contributed by atoms with van der Waals surface area (Å²) in [4.78, 5) is 10.5. The maximum atomic E-state index is 10.5. The fourth-order valence-electron chi connectivity index (χ4n) is 1.94. The number of carbonyl (C=O) groups is 1. The molecule has 0 aromatic rings. The molecule has 1 unspecified atom stereocenters. The Balaban J connectivity index is 2.57. The summed E-state index contributed by atoms with van der Waals surface area (Å²) >= 11 is 1.48. The van der Waals surface area contributed by atoms with Crippen LogP contribution in [0.2, 0.25) is 0 Å². The van der Waals surface area contributed by atoms with Gasteiger partial charge in [-0.3, -0.25) is 4.79 Å². The van der Waals surface area contributed by atoms with E-state index in [4.69, 9.17) is 9.84 Å². The molecule has 14 heavy (non-hydrogen) atoms. The third kappa shape index (κ3) is 2.89. The van der Waals surface area contributed by atoms with Crippen molar-refractivity contribution in [2.75, 3.05) is 5.75 Å². The monoisotopic (exact) mass is 218 g/mol. The first-order chi connectivity index (χ1) is 6.23. The fraction of sp³-hybridized carbons (Fsp3) is 0.900. The number of ether oxygens (including phenoxy) is 1. The number of carboxylic acids is 1. The van der Waals surface area contributed by atoms with Gasteiger partial charge in [0.1, 0.15) is 0 Å². The van der Waals surface area contributed by atoms with Crippen LogP contribution in [0.25, 0.3) is 0 Å². The summed E-state index contributed by atoms with van der Waals surface area (Å²) in [6.07, 6.45) is 0.915. The second kappa shape index (κ2) is 3.74. The van der Waals surface area contributed by atoms with E-state index in [0.29, 0.717) is 0 Å². The summed E-state index contributed by atoms with van der Waals surface area (Å²) in [7, 11) is 0. The molecule has 0 aliphatic carbocycles. The van der Waals surface area contributed by atoms with Crippen molar-refractivity contribution in [1.29, 1.82) is 0 Å². The third-order valence-electron chi connectivity index (χ3n) is 2.40. The molecule has 82 valence electrons. The van der Waals surface area contributed by atoms with Crippen LogP contribution in [0.5, 0.6) is 0 Å². The number of rotatable bonds is 3. The van der Waals surface area contributed by atoms with Gasteiger partial charge in [0.15, 0.2) is 0 Å². The largest absolute Gasteiger partial charge is 0.481 e. The van der Waals surface area contributed by atoms with E-state index in [9.17, 15) is 4.79 Å². The standard InChI is InChI=1S/C10H18O3S/c1-9(2)5-7(10(3,4)13-9)14-6-8(11)12/h7H,5-6H2,1-4H3,(H,11,12). The quantitative estimate of drug-likeness (QED) is 0.788. The van der Waals surface area contributed by atoms with Crippen molar-refractivity contribution in [2.24, 2.45) is 0 Å². The van der Waals surface area contributed by atoms with Gasteiger partial charge in [-0.25, -0.2) is 0 Å². The molecular weight excluding hydrogens is 200 g/mol. The van der Waals surface area contributed by atoms with Gasteiger partial charge in [-0.2, -0.15) is 0 Å². The highest BCUT2D eigenvalue weighted by molar-refractivity contribution is 8.00. The predicted octanol–water partition coefficient (Wildman–Crippen LogP) is 2.15. The molecule has 1 atom stereocenters. The number of aliphatic carboxylic acids is 1. The molecule has 0 saturated carbocycles. The molecular formula is C10H18O3S. The van der Waals surface area contributed by atoms with Crippen LogP contribution < -0.4 is 0 Å². The van der Waals surface area contributed by atoms with Crippen LogP contribution in [0.15, 0.2) is 0 Å². The van der Waals surface area contributed by atoms with Crippen LogP contribution in [0.3, 0.4) is 0 Å². The normalized spacial score (nSPS) is 29.0. The predicted molar refractivity (Wildman–Crippen MR) is 57.7 cm³/mol. The van der Waals surface area contributed by atoms with Crippen molar-refractivity contribution < 1.29 is 14.6 Å². The molecule has 1 fully saturated rings.